The minimum absolute atomic E-state index is 0.254. The first-order chi connectivity index (χ1) is 11.8. The van der Waals surface area contributed by atoms with E-state index in [2.05, 4.69) is 10.0 Å². The van der Waals surface area contributed by atoms with Crippen molar-refractivity contribution in [2.24, 2.45) is 5.11 Å². The number of benzene rings is 1. The molecule has 1 aliphatic heterocycles. The summed E-state index contributed by atoms with van der Waals surface area (Å²) in [5, 5.41) is 13.5. The van der Waals surface area contributed by atoms with Crippen LogP contribution < -0.4 is 0 Å². The summed E-state index contributed by atoms with van der Waals surface area (Å²) in [6, 6.07) is 9.31. The number of rotatable bonds is 6. The Bertz CT molecular complexity index is 589. The molecule has 4 atom stereocenters. The molecule has 0 spiro atoms. The molecule has 0 aliphatic carbocycles. The SMILES string of the molecule is CC(C)(C)[S@@+]([O-])N(Cc1ccccc1)C[C@@H]1CC[C@@H](N=[N+]=[N-])C(O)O1. The highest BCUT2D eigenvalue weighted by Gasteiger charge is 2.37. The molecule has 0 aromatic heterocycles. The quantitative estimate of drug-likeness (QED) is 0.361. The third-order valence-electron chi connectivity index (χ3n) is 4.01. The highest BCUT2D eigenvalue weighted by atomic mass is 32.2. The molecule has 1 aromatic rings. The van der Waals surface area contributed by atoms with Gasteiger partial charge in [0.2, 0.25) is 0 Å². The maximum atomic E-state index is 12.9. The van der Waals surface area contributed by atoms with Crippen LogP contribution in [0.15, 0.2) is 35.4 Å². The number of hydrogen-bond donors (Lipinski definition) is 1. The fourth-order valence-corrected chi connectivity index (χ4v) is 4.11. The van der Waals surface area contributed by atoms with Crippen molar-refractivity contribution in [2.75, 3.05) is 6.54 Å². The summed E-state index contributed by atoms with van der Waals surface area (Å²) in [7, 11) is 0. The minimum Gasteiger partial charge on any atom is -0.597 e. The van der Waals surface area contributed by atoms with Crippen LogP contribution in [0.5, 0.6) is 0 Å². The van der Waals surface area contributed by atoms with E-state index in [0.29, 0.717) is 25.9 Å². The van der Waals surface area contributed by atoms with E-state index in [1.807, 2.05) is 55.4 Å². The van der Waals surface area contributed by atoms with Crippen molar-refractivity contribution in [3.8, 4) is 0 Å². The first-order valence-electron chi connectivity index (χ1n) is 8.40. The second kappa shape index (κ2) is 8.89. The van der Waals surface area contributed by atoms with Crippen molar-refractivity contribution in [1.29, 1.82) is 0 Å². The number of hydrogen-bond acceptors (Lipinski definition) is 5. The van der Waals surface area contributed by atoms with Gasteiger partial charge in [-0.3, -0.25) is 0 Å². The maximum absolute atomic E-state index is 12.9. The van der Waals surface area contributed by atoms with Crippen LogP contribution in [0.1, 0.15) is 39.2 Å². The van der Waals surface area contributed by atoms with Crippen molar-refractivity contribution >= 4 is 11.4 Å². The standard InChI is InChI=1S/C17H26N4O3S/c1-17(2,3)25(23)21(11-13-7-5-4-6-8-13)12-14-9-10-15(19-20-18)16(22)24-14/h4-8,14-16,22H,9-12H2,1-3H3/t14-,15+,16?,25+/m0/s1. The summed E-state index contributed by atoms with van der Waals surface area (Å²) in [5.74, 6) is 0. The predicted molar refractivity (Wildman–Crippen MR) is 97.8 cm³/mol. The molecule has 1 N–H and O–H groups in total. The zero-order valence-electron chi connectivity index (χ0n) is 14.9. The average molecular weight is 366 g/mol. The zero-order chi connectivity index (χ0) is 18.4. The van der Waals surface area contributed by atoms with E-state index in [9.17, 15) is 9.66 Å². The van der Waals surface area contributed by atoms with Gasteiger partial charge >= 0.3 is 0 Å². The number of nitrogens with zero attached hydrogens (tertiary/aromatic N) is 4. The second-order valence-electron chi connectivity index (χ2n) is 7.17. The average Bonchev–Trinajstić information content (AvgIpc) is 2.56. The van der Waals surface area contributed by atoms with E-state index in [-0.39, 0.29) is 6.10 Å². The molecule has 8 heteroatoms. The fraction of sp³-hybridized carbons (Fsp3) is 0.647. The highest BCUT2D eigenvalue weighted by Crippen LogP contribution is 2.27. The largest absolute Gasteiger partial charge is 0.597 e. The topological polar surface area (TPSA) is 105 Å². The molecule has 25 heavy (non-hydrogen) atoms. The van der Waals surface area contributed by atoms with Gasteiger partial charge < -0.3 is 14.4 Å². The number of ether oxygens (including phenoxy) is 1. The van der Waals surface area contributed by atoms with E-state index in [1.165, 1.54) is 0 Å². The molecule has 1 saturated heterocycles. The van der Waals surface area contributed by atoms with Gasteiger partial charge in [0.15, 0.2) is 6.29 Å². The lowest BCUT2D eigenvalue weighted by Crippen LogP contribution is -2.48. The lowest BCUT2D eigenvalue weighted by molar-refractivity contribution is -0.174. The van der Waals surface area contributed by atoms with Crippen LogP contribution in [0, 0.1) is 0 Å². The van der Waals surface area contributed by atoms with Gasteiger partial charge in [-0.05, 0) is 44.7 Å². The number of azide groups is 1. The minimum atomic E-state index is -1.21. The molecule has 0 amide bonds. The zero-order valence-corrected chi connectivity index (χ0v) is 15.7. The van der Waals surface area contributed by atoms with Gasteiger partial charge in [-0.1, -0.05) is 35.4 Å². The summed E-state index contributed by atoms with van der Waals surface area (Å²) >= 11 is -1.21. The Morgan fingerprint density at radius 2 is 2.04 bits per heavy atom. The summed E-state index contributed by atoms with van der Waals surface area (Å²) in [6.45, 7) is 6.80. The molecule has 1 unspecified atom stereocenters. The second-order valence-corrected chi connectivity index (χ2v) is 9.41. The van der Waals surface area contributed by atoms with E-state index in [1.54, 1.807) is 0 Å². The molecule has 138 valence electrons. The first-order valence-corrected chi connectivity index (χ1v) is 9.50. The number of aliphatic hydroxyl groups is 1. The third-order valence-corrected chi connectivity index (χ3v) is 5.81. The Morgan fingerprint density at radius 1 is 1.36 bits per heavy atom. The Hall–Kier alpha value is -1.28. The van der Waals surface area contributed by atoms with Crippen molar-refractivity contribution < 1.29 is 14.4 Å². The monoisotopic (exact) mass is 366 g/mol. The van der Waals surface area contributed by atoms with Crippen molar-refractivity contribution in [2.45, 2.75) is 63.3 Å². The van der Waals surface area contributed by atoms with E-state index in [0.717, 1.165) is 5.56 Å². The molecule has 0 saturated carbocycles. The van der Waals surface area contributed by atoms with Crippen molar-refractivity contribution in [1.82, 2.24) is 4.31 Å². The van der Waals surface area contributed by atoms with Gasteiger partial charge in [0.05, 0.1) is 25.2 Å². The van der Waals surface area contributed by atoms with Gasteiger partial charge in [0.1, 0.15) is 4.75 Å². The highest BCUT2D eigenvalue weighted by molar-refractivity contribution is 7.90. The molecular weight excluding hydrogens is 340 g/mol. The van der Waals surface area contributed by atoms with E-state index >= 15 is 0 Å². The molecule has 0 radical (unpaired) electrons. The van der Waals surface area contributed by atoms with E-state index in [4.69, 9.17) is 10.3 Å². The molecule has 1 fully saturated rings. The Morgan fingerprint density at radius 3 is 2.60 bits per heavy atom. The van der Waals surface area contributed by atoms with Crippen LogP contribution in [0.4, 0.5) is 0 Å². The molecule has 0 bridgehead atoms. The fourth-order valence-electron chi connectivity index (χ4n) is 2.76. The van der Waals surface area contributed by atoms with Gasteiger partial charge in [0, 0.05) is 16.3 Å². The van der Waals surface area contributed by atoms with E-state index < -0.39 is 28.4 Å². The van der Waals surface area contributed by atoms with Crippen LogP contribution >= 0.6 is 0 Å². The third kappa shape index (κ3) is 5.88. The lowest BCUT2D eigenvalue weighted by Gasteiger charge is -2.37. The molecule has 1 heterocycles. The Balaban J connectivity index is 2.07. The van der Waals surface area contributed by atoms with Crippen LogP contribution in [0.25, 0.3) is 10.4 Å². The van der Waals surface area contributed by atoms with Crippen molar-refractivity contribution in [3.63, 3.8) is 0 Å². The Labute approximate surface area is 151 Å². The summed E-state index contributed by atoms with van der Waals surface area (Å²) in [5.41, 5.74) is 9.59. The summed E-state index contributed by atoms with van der Waals surface area (Å²) < 4.78 is 20.0. The van der Waals surface area contributed by atoms with Crippen LogP contribution in [0.2, 0.25) is 0 Å². The Kier molecular flexibility index (Phi) is 7.13. The first kappa shape index (κ1) is 20.0. The van der Waals surface area contributed by atoms with Gasteiger partial charge in [-0.25, -0.2) is 0 Å². The summed E-state index contributed by atoms with van der Waals surface area (Å²) in [4.78, 5) is 2.74. The van der Waals surface area contributed by atoms with Gasteiger partial charge in [0.25, 0.3) is 0 Å². The predicted octanol–water partition coefficient (Wildman–Crippen LogP) is 3.13. The molecule has 2 rings (SSSR count). The molecule has 1 aliphatic rings. The van der Waals surface area contributed by atoms with Crippen molar-refractivity contribution in [3.05, 3.63) is 46.3 Å². The van der Waals surface area contributed by atoms with Crippen LogP contribution in [-0.2, 0) is 22.6 Å². The molecular formula is C17H26N4O3S. The number of aliphatic hydroxyl groups excluding tert-OH is 1. The summed E-state index contributed by atoms with van der Waals surface area (Å²) in [6.07, 6.45) is -0.170. The smallest absolute Gasteiger partial charge is 0.163 e. The molecule has 1 aromatic carbocycles. The van der Waals surface area contributed by atoms with Gasteiger partial charge in [-0.15, -0.1) is 4.31 Å². The van der Waals surface area contributed by atoms with Crippen LogP contribution in [-0.4, -0.2) is 43.7 Å². The van der Waals surface area contributed by atoms with Gasteiger partial charge in [-0.2, -0.15) is 0 Å². The van der Waals surface area contributed by atoms with Crippen LogP contribution in [0.3, 0.4) is 0 Å². The molecule has 7 nitrogen and oxygen atoms in total. The lowest BCUT2D eigenvalue weighted by atomic mass is 10.0. The normalized spacial score (nSPS) is 25.4. The maximum Gasteiger partial charge on any atom is 0.163 e.